The molecule has 1 aliphatic carbocycles. The normalized spacial score (nSPS) is 33.4. The number of ether oxygens (including phenoxy) is 3. The molecule has 2 rings (SSSR count). The van der Waals surface area contributed by atoms with Crippen LogP contribution in [0.3, 0.4) is 0 Å². The largest absolute Gasteiger partial charge is 0.370 e. The van der Waals surface area contributed by atoms with E-state index in [9.17, 15) is 4.79 Å². The lowest BCUT2D eigenvalue weighted by molar-refractivity contribution is -0.123. The lowest BCUT2D eigenvalue weighted by Crippen LogP contribution is -2.22. The zero-order chi connectivity index (χ0) is 13.5. The van der Waals surface area contributed by atoms with Crippen LogP contribution in [-0.4, -0.2) is 38.0 Å². The van der Waals surface area contributed by atoms with E-state index in [0.717, 1.165) is 32.3 Å². The summed E-state index contributed by atoms with van der Waals surface area (Å²) in [6, 6.07) is 0. The van der Waals surface area contributed by atoms with Gasteiger partial charge in [0.2, 0.25) is 0 Å². The van der Waals surface area contributed by atoms with Gasteiger partial charge in [0.25, 0.3) is 0 Å². The van der Waals surface area contributed by atoms with Gasteiger partial charge in [0.15, 0.2) is 6.29 Å². The fourth-order valence-corrected chi connectivity index (χ4v) is 2.34. The molecule has 18 heavy (non-hydrogen) atoms. The molecule has 2 fully saturated rings. The first-order valence-electron chi connectivity index (χ1n) is 6.96. The summed E-state index contributed by atoms with van der Waals surface area (Å²) in [5.74, 6) is 0.810. The highest BCUT2D eigenvalue weighted by Crippen LogP contribution is 2.41. The fraction of sp³-hybridized carbons (Fsp3) is 0.929. The van der Waals surface area contributed by atoms with Crippen molar-refractivity contribution in [3.05, 3.63) is 0 Å². The topological polar surface area (TPSA) is 48.1 Å². The third kappa shape index (κ3) is 5.04. The molecule has 0 radical (unpaired) electrons. The molecular weight excluding hydrogens is 232 g/mol. The fourth-order valence-electron chi connectivity index (χ4n) is 2.34. The molecule has 1 heterocycles. The third-order valence-electron chi connectivity index (χ3n) is 3.50. The summed E-state index contributed by atoms with van der Waals surface area (Å²) >= 11 is 0. The Morgan fingerprint density at radius 3 is 2.28 bits per heavy atom. The van der Waals surface area contributed by atoms with Crippen molar-refractivity contribution in [2.24, 2.45) is 11.8 Å². The smallest absolute Gasteiger partial charge is 0.154 e. The Morgan fingerprint density at radius 1 is 1.22 bits per heavy atom. The minimum Gasteiger partial charge on any atom is -0.370 e. The van der Waals surface area contributed by atoms with Gasteiger partial charge in [-0.25, -0.2) is 0 Å². The van der Waals surface area contributed by atoms with Crippen molar-refractivity contribution in [1.29, 1.82) is 0 Å². The number of hydrogen-bond donors (Lipinski definition) is 0. The second-order valence-electron chi connectivity index (χ2n) is 4.94. The van der Waals surface area contributed by atoms with Crippen LogP contribution in [0.25, 0.3) is 0 Å². The standard InChI is InChI=1S/C8H12O2.C6H14O2/c1-5-2-7-8(10-7)3-6(5)4-9;1-4-7-6(3)8-5-2/h4-8H,2-3H2,1H3;6H,4-5H2,1-3H3. The van der Waals surface area contributed by atoms with Crippen molar-refractivity contribution in [2.45, 2.75) is 59.0 Å². The van der Waals surface area contributed by atoms with Gasteiger partial charge in [-0.2, -0.15) is 0 Å². The van der Waals surface area contributed by atoms with Gasteiger partial charge in [0, 0.05) is 19.1 Å². The molecule has 0 bridgehead atoms. The Bertz CT molecular complexity index is 238. The number of epoxide rings is 1. The van der Waals surface area contributed by atoms with E-state index < -0.39 is 0 Å². The first-order valence-corrected chi connectivity index (χ1v) is 6.96. The first kappa shape index (κ1) is 15.6. The molecule has 106 valence electrons. The predicted molar refractivity (Wildman–Crippen MR) is 69.3 cm³/mol. The van der Waals surface area contributed by atoms with Gasteiger partial charge in [-0.3, -0.25) is 0 Å². The molecule has 2 aliphatic rings. The Balaban J connectivity index is 0.000000187. The van der Waals surface area contributed by atoms with Crippen LogP contribution in [-0.2, 0) is 19.0 Å². The molecule has 0 aromatic heterocycles. The molecule has 4 atom stereocenters. The molecule has 1 aliphatic heterocycles. The average Bonchev–Trinajstić information content (AvgIpc) is 3.07. The quantitative estimate of drug-likeness (QED) is 0.431. The van der Waals surface area contributed by atoms with Gasteiger partial charge >= 0.3 is 0 Å². The van der Waals surface area contributed by atoms with E-state index in [1.165, 1.54) is 0 Å². The van der Waals surface area contributed by atoms with E-state index >= 15 is 0 Å². The molecule has 0 aromatic rings. The van der Waals surface area contributed by atoms with Crippen LogP contribution in [0.4, 0.5) is 0 Å². The molecule has 0 spiro atoms. The maximum Gasteiger partial charge on any atom is 0.154 e. The van der Waals surface area contributed by atoms with Crippen molar-refractivity contribution in [1.82, 2.24) is 0 Å². The van der Waals surface area contributed by atoms with Crippen LogP contribution in [0.2, 0.25) is 0 Å². The summed E-state index contributed by atoms with van der Waals surface area (Å²) in [7, 11) is 0. The van der Waals surface area contributed by atoms with Gasteiger partial charge in [0.1, 0.15) is 6.29 Å². The minimum atomic E-state index is -0.0370. The lowest BCUT2D eigenvalue weighted by Gasteiger charge is -2.20. The molecule has 1 saturated heterocycles. The average molecular weight is 258 g/mol. The summed E-state index contributed by atoms with van der Waals surface area (Å²) < 4.78 is 15.4. The Hall–Kier alpha value is -0.450. The van der Waals surface area contributed by atoms with Crippen LogP contribution in [0.5, 0.6) is 0 Å². The summed E-state index contributed by atoms with van der Waals surface area (Å²) in [5.41, 5.74) is 0. The lowest BCUT2D eigenvalue weighted by atomic mass is 9.81. The SMILES string of the molecule is CC1CC2OC2CC1C=O.CCOC(C)OCC. The van der Waals surface area contributed by atoms with E-state index in [1.807, 2.05) is 20.8 Å². The summed E-state index contributed by atoms with van der Waals surface area (Å²) in [6.07, 6.45) is 4.05. The Morgan fingerprint density at radius 2 is 1.78 bits per heavy atom. The number of aldehydes is 1. The second-order valence-corrected chi connectivity index (χ2v) is 4.94. The molecule has 4 nitrogen and oxygen atoms in total. The number of fused-ring (bicyclic) bond motifs is 1. The van der Waals surface area contributed by atoms with Gasteiger partial charge < -0.3 is 19.0 Å². The van der Waals surface area contributed by atoms with Gasteiger partial charge in [0.05, 0.1) is 12.2 Å². The zero-order valence-corrected chi connectivity index (χ0v) is 11.9. The molecule has 0 amide bonds. The van der Waals surface area contributed by atoms with E-state index in [-0.39, 0.29) is 12.2 Å². The number of hydrogen-bond acceptors (Lipinski definition) is 4. The molecule has 0 N–H and O–H groups in total. The molecule has 4 unspecified atom stereocenters. The molecule has 4 heteroatoms. The van der Waals surface area contributed by atoms with E-state index in [2.05, 4.69) is 6.92 Å². The summed E-state index contributed by atoms with van der Waals surface area (Å²) in [4.78, 5) is 10.5. The van der Waals surface area contributed by atoms with E-state index in [4.69, 9.17) is 14.2 Å². The van der Waals surface area contributed by atoms with Crippen molar-refractivity contribution in [2.75, 3.05) is 13.2 Å². The molecule has 0 aromatic carbocycles. The highest BCUT2D eigenvalue weighted by molar-refractivity contribution is 5.54. The van der Waals surface area contributed by atoms with Crippen LogP contribution >= 0.6 is 0 Å². The number of carbonyl (C=O) groups excluding carboxylic acids is 1. The van der Waals surface area contributed by atoms with E-state index in [1.54, 1.807) is 0 Å². The van der Waals surface area contributed by atoms with Crippen molar-refractivity contribution >= 4 is 6.29 Å². The van der Waals surface area contributed by atoms with Crippen LogP contribution in [0, 0.1) is 11.8 Å². The van der Waals surface area contributed by atoms with Crippen molar-refractivity contribution in [3.8, 4) is 0 Å². The first-order chi connectivity index (χ1) is 8.62. The van der Waals surface area contributed by atoms with Crippen molar-refractivity contribution < 1.29 is 19.0 Å². The van der Waals surface area contributed by atoms with Crippen LogP contribution in [0.1, 0.15) is 40.5 Å². The Kier molecular flexibility index (Phi) is 6.82. The predicted octanol–water partition coefficient (Wildman–Crippen LogP) is 2.40. The number of carbonyl (C=O) groups is 1. The third-order valence-corrected chi connectivity index (χ3v) is 3.50. The van der Waals surface area contributed by atoms with Crippen LogP contribution < -0.4 is 0 Å². The second kappa shape index (κ2) is 7.87. The van der Waals surface area contributed by atoms with E-state index in [0.29, 0.717) is 18.1 Å². The Labute approximate surface area is 110 Å². The van der Waals surface area contributed by atoms with Gasteiger partial charge in [-0.15, -0.1) is 0 Å². The number of rotatable bonds is 5. The maximum atomic E-state index is 10.5. The van der Waals surface area contributed by atoms with Crippen LogP contribution in [0.15, 0.2) is 0 Å². The minimum absolute atomic E-state index is 0.0370. The highest BCUT2D eigenvalue weighted by Gasteiger charge is 2.46. The maximum absolute atomic E-state index is 10.5. The highest BCUT2D eigenvalue weighted by atomic mass is 16.7. The summed E-state index contributed by atoms with van der Waals surface area (Å²) in [5, 5.41) is 0. The summed E-state index contributed by atoms with van der Waals surface area (Å²) in [6.45, 7) is 9.39. The zero-order valence-electron chi connectivity index (χ0n) is 11.9. The van der Waals surface area contributed by atoms with Gasteiger partial charge in [-0.1, -0.05) is 6.92 Å². The molecule has 1 saturated carbocycles. The van der Waals surface area contributed by atoms with Gasteiger partial charge in [-0.05, 0) is 39.5 Å². The monoisotopic (exact) mass is 258 g/mol. The van der Waals surface area contributed by atoms with Crippen molar-refractivity contribution in [3.63, 3.8) is 0 Å². The molecular formula is C14H26O4.